The molecule has 2 N–H and O–H groups in total. The maximum Gasteiger partial charge on any atom is 0.123 e. The van der Waals surface area contributed by atoms with E-state index in [-0.39, 0.29) is 0 Å². The lowest BCUT2D eigenvalue weighted by molar-refractivity contribution is 0.211. The number of phenols is 1. The Labute approximate surface area is 84.7 Å². The van der Waals surface area contributed by atoms with E-state index in [1.807, 2.05) is 26.0 Å². The summed E-state index contributed by atoms with van der Waals surface area (Å²) < 4.78 is 4.93. The normalized spacial score (nSPS) is 10.2. The molecule has 14 heavy (non-hydrogen) atoms. The summed E-state index contributed by atoms with van der Waals surface area (Å²) in [5, 5.41) is 12.9. The monoisotopic (exact) mass is 195 g/mol. The van der Waals surface area contributed by atoms with Crippen molar-refractivity contribution in [1.29, 1.82) is 0 Å². The zero-order valence-electron chi connectivity index (χ0n) is 8.92. The van der Waals surface area contributed by atoms with Crippen molar-refractivity contribution in [1.82, 2.24) is 0 Å². The smallest absolute Gasteiger partial charge is 0.123 e. The average molecular weight is 195 g/mol. The van der Waals surface area contributed by atoms with Crippen LogP contribution in [0.2, 0.25) is 0 Å². The van der Waals surface area contributed by atoms with Crippen molar-refractivity contribution in [2.24, 2.45) is 0 Å². The largest absolute Gasteiger partial charge is 0.507 e. The van der Waals surface area contributed by atoms with Gasteiger partial charge >= 0.3 is 0 Å². The Morgan fingerprint density at radius 2 is 2.07 bits per heavy atom. The number of phenolic OH excluding ortho intramolecular Hbond substituents is 1. The highest BCUT2D eigenvalue weighted by atomic mass is 16.5. The second kappa shape index (κ2) is 4.86. The van der Waals surface area contributed by atoms with Crippen LogP contribution in [0.5, 0.6) is 5.75 Å². The molecule has 3 heteroatoms. The molecule has 0 radical (unpaired) electrons. The van der Waals surface area contributed by atoms with Gasteiger partial charge < -0.3 is 15.2 Å². The van der Waals surface area contributed by atoms with Crippen molar-refractivity contribution in [2.75, 3.05) is 25.6 Å². The van der Waals surface area contributed by atoms with Crippen LogP contribution in [0, 0.1) is 13.8 Å². The van der Waals surface area contributed by atoms with Gasteiger partial charge in [-0.05, 0) is 25.5 Å². The first-order chi connectivity index (χ1) is 6.66. The maximum atomic E-state index is 9.67. The van der Waals surface area contributed by atoms with E-state index in [2.05, 4.69) is 5.32 Å². The quantitative estimate of drug-likeness (QED) is 0.723. The van der Waals surface area contributed by atoms with E-state index in [9.17, 15) is 5.11 Å². The zero-order chi connectivity index (χ0) is 10.6. The van der Waals surface area contributed by atoms with Crippen LogP contribution in [0.1, 0.15) is 11.1 Å². The highest BCUT2D eigenvalue weighted by Crippen LogP contribution is 2.27. The van der Waals surface area contributed by atoms with Gasteiger partial charge in [0.05, 0.1) is 6.61 Å². The third-order valence-corrected chi connectivity index (χ3v) is 2.25. The molecule has 0 saturated heterocycles. The van der Waals surface area contributed by atoms with E-state index in [0.29, 0.717) is 12.4 Å². The molecule has 0 amide bonds. The maximum absolute atomic E-state index is 9.67. The Kier molecular flexibility index (Phi) is 3.77. The number of aromatic hydroxyl groups is 1. The number of hydrogen-bond donors (Lipinski definition) is 2. The van der Waals surface area contributed by atoms with E-state index >= 15 is 0 Å². The molecule has 0 aromatic heterocycles. The van der Waals surface area contributed by atoms with E-state index in [1.165, 1.54) is 0 Å². The number of methoxy groups -OCH3 is 1. The van der Waals surface area contributed by atoms with Crippen LogP contribution >= 0.6 is 0 Å². The molecule has 1 aromatic rings. The van der Waals surface area contributed by atoms with Gasteiger partial charge in [0.1, 0.15) is 5.75 Å². The lowest BCUT2D eigenvalue weighted by atomic mass is 10.1. The molecule has 3 nitrogen and oxygen atoms in total. The number of benzene rings is 1. The second-order valence-corrected chi connectivity index (χ2v) is 3.32. The third kappa shape index (κ3) is 2.39. The van der Waals surface area contributed by atoms with Crippen LogP contribution in [0.15, 0.2) is 12.1 Å². The zero-order valence-corrected chi connectivity index (χ0v) is 8.92. The molecule has 78 valence electrons. The molecule has 0 aliphatic carbocycles. The van der Waals surface area contributed by atoms with Crippen molar-refractivity contribution < 1.29 is 9.84 Å². The van der Waals surface area contributed by atoms with Crippen molar-refractivity contribution in [3.63, 3.8) is 0 Å². The van der Waals surface area contributed by atoms with Crippen LogP contribution in [-0.4, -0.2) is 25.4 Å². The fourth-order valence-electron chi connectivity index (χ4n) is 1.31. The fraction of sp³-hybridized carbons (Fsp3) is 0.455. The summed E-state index contributed by atoms with van der Waals surface area (Å²) in [5.74, 6) is 0.368. The van der Waals surface area contributed by atoms with Gasteiger partial charge in [0.15, 0.2) is 0 Å². The van der Waals surface area contributed by atoms with Crippen LogP contribution in [0.4, 0.5) is 5.69 Å². The van der Waals surface area contributed by atoms with Crippen LogP contribution in [0.3, 0.4) is 0 Å². The summed E-state index contributed by atoms with van der Waals surface area (Å²) in [6, 6.07) is 3.87. The summed E-state index contributed by atoms with van der Waals surface area (Å²) in [4.78, 5) is 0. The summed E-state index contributed by atoms with van der Waals surface area (Å²) in [6.45, 7) is 5.20. The lowest BCUT2D eigenvalue weighted by Gasteiger charge is -2.11. The highest BCUT2D eigenvalue weighted by molar-refractivity contribution is 5.58. The molecular weight excluding hydrogens is 178 g/mol. The molecule has 1 rings (SSSR count). The van der Waals surface area contributed by atoms with Crippen molar-refractivity contribution in [2.45, 2.75) is 13.8 Å². The summed E-state index contributed by atoms with van der Waals surface area (Å²) in [7, 11) is 1.67. The Balaban J connectivity index is 2.73. The summed E-state index contributed by atoms with van der Waals surface area (Å²) in [5.41, 5.74) is 2.76. The minimum absolute atomic E-state index is 0.368. The Bertz CT molecular complexity index is 310. The summed E-state index contributed by atoms with van der Waals surface area (Å²) in [6.07, 6.45) is 0. The second-order valence-electron chi connectivity index (χ2n) is 3.32. The van der Waals surface area contributed by atoms with Gasteiger partial charge in [-0.1, -0.05) is 6.07 Å². The Morgan fingerprint density at radius 3 is 2.71 bits per heavy atom. The minimum atomic E-state index is 0.368. The van der Waals surface area contributed by atoms with E-state index in [1.54, 1.807) is 7.11 Å². The molecular formula is C11H17NO2. The van der Waals surface area contributed by atoms with E-state index in [4.69, 9.17) is 4.74 Å². The average Bonchev–Trinajstić information content (AvgIpc) is 2.18. The molecule has 0 unspecified atom stereocenters. The van der Waals surface area contributed by atoms with Crippen molar-refractivity contribution >= 4 is 5.69 Å². The number of rotatable bonds is 4. The Morgan fingerprint density at radius 1 is 1.36 bits per heavy atom. The third-order valence-electron chi connectivity index (χ3n) is 2.25. The summed E-state index contributed by atoms with van der Waals surface area (Å²) >= 11 is 0. The molecule has 0 aliphatic rings. The van der Waals surface area contributed by atoms with Crippen molar-refractivity contribution in [3.8, 4) is 5.75 Å². The molecule has 0 fully saturated rings. The lowest BCUT2D eigenvalue weighted by Crippen LogP contribution is -2.08. The molecule has 0 saturated carbocycles. The highest BCUT2D eigenvalue weighted by Gasteiger charge is 2.04. The number of nitrogens with one attached hydrogen (secondary N) is 1. The molecule has 0 atom stereocenters. The minimum Gasteiger partial charge on any atom is -0.507 e. The van der Waals surface area contributed by atoms with Crippen molar-refractivity contribution in [3.05, 3.63) is 23.3 Å². The Hall–Kier alpha value is -1.22. The molecule has 1 aromatic carbocycles. The topological polar surface area (TPSA) is 41.5 Å². The number of hydrogen-bond acceptors (Lipinski definition) is 3. The van der Waals surface area contributed by atoms with Crippen LogP contribution in [0.25, 0.3) is 0 Å². The number of ether oxygens (including phenoxy) is 1. The molecule has 0 aliphatic heterocycles. The SMILES string of the molecule is COCCNc1ccc(C)c(O)c1C. The molecule has 0 bridgehead atoms. The molecule has 0 spiro atoms. The van der Waals surface area contributed by atoms with Gasteiger partial charge in [-0.15, -0.1) is 0 Å². The van der Waals surface area contributed by atoms with Gasteiger partial charge in [0.2, 0.25) is 0 Å². The number of aryl methyl sites for hydroxylation is 1. The molecule has 0 heterocycles. The first-order valence-corrected chi connectivity index (χ1v) is 4.68. The predicted molar refractivity (Wildman–Crippen MR) is 57.9 cm³/mol. The van der Waals surface area contributed by atoms with E-state index < -0.39 is 0 Å². The van der Waals surface area contributed by atoms with Gasteiger partial charge in [0.25, 0.3) is 0 Å². The standard InChI is InChI=1S/C11H17NO2/c1-8-4-5-10(9(2)11(8)13)12-6-7-14-3/h4-5,12-13H,6-7H2,1-3H3. The van der Waals surface area contributed by atoms with Gasteiger partial charge in [-0.2, -0.15) is 0 Å². The van der Waals surface area contributed by atoms with E-state index in [0.717, 1.165) is 23.4 Å². The number of anilines is 1. The van der Waals surface area contributed by atoms with Gasteiger partial charge in [0, 0.05) is 24.9 Å². The van der Waals surface area contributed by atoms with Gasteiger partial charge in [-0.3, -0.25) is 0 Å². The first kappa shape index (κ1) is 10.9. The predicted octanol–water partition coefficient (Wildman–Crippen LogP) is 2.07. The van der Waals surface area contributed by atoms with Gasteiger partial charge in [-0.25, -0.2) is 0 Å². The first-order valence-electron chi connectivity index (χ1n) is 4.68. The van der Waals surface area contributed by atoms with Crippen LogP contribution < -0.4 is 5.32 Å². The fourth-order valence-corrected chi connectivity index (χ4v) is 1.31. The van der Waals surface area contributed by atoms with Crippen LogP contribution in [-0.2, 0) is 4.74 Å².